The molecular weight excluding hydrogens is 249 g/mol. The van der Waals surface area contributed by atoms with E-state index in [0.29, 0.717) is 11.3 Å². The Morgan fingerprint density at radius 1 is 1.32 bits per heavy atom. The third-order valence-corrected chi connectivity index (χ3v) is 2.73. The molecule has 104 valence electrons. The summed E-state index contributed by atoms with van der Waals surface area (Å²) >= 11 is 0. The number of amides is 1. The van der Waals surface area contributed by atoms with Gasteiger partial charge in [0.1, 0.15) is 5.82 Å². The van der Waals surface area contributed by atoms with Gasteiger partial charge in [0.25, 0.3) is 0 Å². The van der Waals surface area contributed by atoms with Crippen LogP contribution >= 0.6 is 0 Å². The number of rotatable bonds is 5. The molecule has 0 radical (unpaired) electrons. The Bertz CT molecular complexity index is 497. The molecule has 0 saturated heterocycles. The fourth-order valence-corrected chi connectivity index (χ4v) is 1.87. The first-order chi connectivity index (χ1) is 8.69. The van der Waals surface area contributed by atoms with Crippen molar-refractivity contribution in [2.24, 2.45) is 5.41 Å². The van der Waals surface area contributed by atoms with Crippen molar-refractivity contribution in [3.05, 3.63) is 29.6 Å². The van der Waals surface area contributed by atoms with Gasteiger partial charge in [0.15, 0.2) is 0 Å². The molecule has 0 aliphatic carbocycles. The lowest BCUT2D eigenvalue weighted by molar-refractivity contribution is -0.139. The fourth-order valence-electron chi connectivity index (χ4n) is 1.87. The summed E-state index contributed by atoms with van der Waals surface area (Å²) in [4.78, 5) is 22.5. The van der Waals surface area contributed by atoms with Crippen LogP contribution < -0.4 is 5.32 Å². The SMILES string of the molecule is Cc1cc(F)ccc1NC(=O)CC(C)(C)CC(=O)O. The third kappa shape index (κ3) is 5.07. The highest BCUT2D eigenvalue weighted by molar-refractivity contribution is 5.92. The van der Waals surface area contributed by atoms with Crippen molar-refractivity contribution in [3.8, 4) is 0 Å². The molecule has 0 spiro atoms. The van der Waals surface area contributed by atoms with Gasteiger partial charge in [0, 0.05) is 12.1 Å². The van der Waals surface area contributed by atoms with Crippen LogP contribution in [0.2, 0.25) is 0 Å². The maximum atomic E-state index is 12.9. The molecule has 0 atom stereocenters. The topological polar surface area (TPSA) is 66.4 Å². The molecule has 19 heavy (non-hydrogen) atoms. The molecule has 1 aromatic carbocycles. The normalized spacial score (nSPS) is 11.2. The van der Waals surface area contributed by atoms with Gasteiger partial charge in [-0.25, -0.2) is 4.39 Å². The molecule has 0 saturated carbocycles. The molecule has 0 unspecified atom stereocenters. The predicted octanol–water partition coefficient (Wildman–Crippen LogP) is 2.96. The Kier molecular flexibility index (Phi) is 4.64. The van der Waals surface area contributed by atoms with Gasteiger partial charge in [-0.2, -0.15) is 0 Å². The van der Waals surface area contributed by atoms with Gasteiger partial charge >= 0.3 is 5.97 Å². The van der Waals surface area contributed by atoms with E-state index in [9.17, 15) is 14.0 Å². The second kappa shape index (κ2) is 5.82. The Balaban J connectivity index is 2.67. The van der Waals surface area contributed by atoms with Crippen LogP contribution in [0.5, 0.6) is 0 Å². The highest BCUT2D eigenvalue weighted by atomic mass is 19.1. The van der Waals surface area contributed by atoms with Crippen LogP contribution in [-0.2, 0) is 9.59 Å². The number of nitrogens with one attached hydrogen (secondary N) is 1. The molecule has 0 heterocycles. The number of hydrogen-bond acceptors (Lipinski definition) is 2. The molecule has 0 aliphatic rings. The molecule has 4 nitrogen and oxygen atoms in total. The van der Waals surface area contributed by atoms with Crippen LogP contribution in [0.25, 0.3) is 0 Å². The van der Waals surface area contributed by atoms with Crippen LogP contribution in [0.15, 0.2) is 18.2 Å². The van der Waals surface area contributed by atoms with Crippen molar-refractivity contribution in [2.75, 3.05) is 5.32 Å². The quantitative estimate of drug-likeness (QED) is 0.862. The number of carboxylic acids is 1. The van der Waals surface area contributed by atoms with Crippen molar-refractivity contribution in [1.29, 1.82) is 0 Å². The Morgan fingerprint density at radius 2 is 1.95 bits per heavy atom. The second-order valence-corrected chi connectivity index (χ2v) is 5.42. The van der Waals surface area contributed by atoms with Gasteiger partial charge in [-0.15, -0.1) is 0 Å². The van der Waals surface area contributed by atoms with Gasteiger partial charge in [-0.3, -0.25) is 9.59 Å². The lowest BCUT2D eigenvalue weighted by Gasteiger charge is -2.21. The van der Waals surface area contributed by atoms with Crippen molar-refractivity contribution in [2.45, 2.75) is 33.6 Å². The predicted molar refractivity (Wildman–Crippen MR) is 70.4 cm³/mol. The van der Waals surface area contributed by atoms with Gasteiger partial charge in [0.2, 0.25) is 5.91 Å². The van der Waals surface area contributed by atoms with E-state index < -0.39 is 11.4 Å². The van der Waals surface area contributed by atoms with Crippen molar-refractivity contribution >= 4 is 17.6 Å². The first kappa shape index (κ1) is 15.1. The van der Waals surface area contributed by atoms with E-state index in [2.05, 4.69) is 5.32 Å². The number of hydrogen-bond donors (Lipinski definition) is 2. The zero-order valence-electron chi connectivity index (χ0n) is 11.3. The van der Waals surface area contributed by atoms with Crippen LogP contribution in [0.1, 0.15) is 32.3 Å². The molecule has 1 amide bonds. The molecule has 5 heteroatoms. The smallest absolute Gasteiger partial charge is 0.303 e. The van der Waals surface area contributed by atoms with Crippen molar-refractivity contribution in [3.63, 3.8) is 0 Å². The average molecular weight is 267 g/mol. The minimum atomic E-state index is -0.934. The molecule has 0 aromatic heterocycles. The number of carbonyl (C=O) groups excluding carboxylic acids is 1. The van der Waals surface area contributed by atoms with Crippen LogP contribution in [0.3, 0.4) is 0 Å². The van der Waals surface area contributed by atoms with Crippen LogP contribution in [0, 0.1) is 18.2 Å². The lowest BCUT2D eigenvalue weighted by atomic mass is 9.85. The molecule has 0 bridgehead atoms. The van der Waals surface area contributed by atoms with Gasteiger partial charge in [0.05, 0.1) is 6.42 Å². The monoisotopic (exact) mass is 267 g/mol. The second-order valence-electron chi connectivity index (χ2n) is 5.42. The van der Waals surface area contributed by atoms with Gasteiger partial charge in [-0.1, -0.05) is 13.8 Å². The molecule has 1 aromatic rings. The third-order valence-electron chi connectivity index (χ3n) is 2.73. The Hall–Kier alpha value is -1.91. The summed E-state index contributed by atoms with van der Waals surface area (Å²) in [7, 11) is 0. The Labute approximate surface area is 111 Å². The molecule has 0 aliphatic heterocycles. The summed E-state index contributed by atoms with van der Waals surface area (Å²) in [5.41, 5.74) is 0.547. The standard InChI is InChI=1S/C14H18FNO3/c1-9-6-10(15)4-5-11(9)16-12(17)7-14(2,3)8-13(18)19/h4-6H,7-8H2,1-3H3,(H,16,17)(H,18,19). The fraction of sp³-hybridized carbons (Fsp3) is 0.429. The maximum Gasteiger partial charge on any atom is 0.303 e. The summed E-state index contributed by atoms with van der Waals surface area (Å²) in [5.74, 6) is -1.57. The van der Waals surface area contributed by atoms with Gasteiger partial charge < -0.3 is 10.4 Å². The number of carbonyl (C=O) groups is 2. The van der Waals surface area contributed by atoms with Crippen molar-refractivity contribution in [1.82, 2.24) is 0 Å². The summed E-state index contributed by atoms with van der Waals surface area (Å²) in [5, 5.41) is 11.4. The first-order valence-corrected chi connectivity index (χ1v) is 5.97. The van der Waals surface area contributed by atoms with E-state index in [1.165, 1.54) is 18.2 Å². The average Bonchev–Trinajstić information content (AvgIpc) is 2.19. The summed E-state index contributed by atoms with van der Waals surface area (Å²) < 4.78 is 12.9. The summed E-state index contributed by atoms with van der Waals surface area (Å²) in [6.45, 7) is 5.14. The summed E-state index contributed by atoms with van der Waals surface area (Å²) in [6.07, 6.45) is 0.0128. The van der Waals surface area contributed by atoms with Crippen LogP contribution in [-0.4, -0.2) is 17.0 Å². The summed E-state index contributed by atoms with van der Waals surface area (Å²) in [6, 6.07) is 4.09. The van der Waals surface area contributed by atoms with Gasteiger partial charge in [-0.05, 0) is 36.1 Å². The molecular formula is C14H18FNO3. The number of carboxylic acid groups (broad SMARTS) is 1. The molecule has 1 rings (SSSR count). The van der Waals surface area contributed by atoms with E-state index >= 15 is 0 Å². The van der Waals surface area contributed by atoms with E-state index in [1.807, 2.05) is 0 Å². The highest BCUT2D eigenvalue weighted by Crippen LogP contribution is 2.26. The number of aryl methyl sites for hydroxylation is 1. The lowest BCUT2D eigenvalue weighted by Crippen LogP contribution is -2.25. The molecule has 2 N–H and O–H groups in total. The van der Waals surface area contributed by atoms with E-state index in [-0.39, 0.29) is 24.6 Å². The maximum absolute atomic E-state index is 12.9. The van der Waals surface area contributed by atoms with Crippen LogP contribution in [0.4, 0.5) is 10.1 Å². The van der Waals surface area contributed by atoms with E-state index in [4.69, 9.17) is 5.11 Å². The first-order valence-electron chi connectivity index (χ1n) is 5.97. The zero-order valence-corrected chi connectivity index (χ0v) is 11.3. The number of aliphatic carboxylic acids is 1. The number of anilines is 1. The highest BCUT2D eigenvalue weighted by Gasteiger charge is 2.25. The van der Waals surface area contributed by atoms with E-state index in [1.54, 1.807) is 20.8 Å². The molecule has 0 fully saturated rings. The number of benzene rings is 1. The minimum Gasteiger partial charge on any atom is -0.481 e. The number of halogens is 1. The minimum absolute atomic E-state index is 0.0805. The zero-order chi connectivity index (χ0) is 14.6. The van der Waals surface area contributed by atoms with E-state index in [0.717, 1.165) is 0 Å². The largest absolute Gasteiger partial charge is 0.481 e. The Morgan fingerprint density at radius 3 is 2.47 bits per heavy atom. The van der Waals surface area contributed by atoms with Crippen molar-refractivity contribution < 1.29 is 19.1 Å².